The van der Waals surface area contributed by atoms with E-state index in [9.17, 15) is 14.4 Å². The fourth-order valence-electron chi connectivity index (χ4n) is 0.960. The van der Waals surface area contributed by atoms with Crippen LogP contribution >= 0.6 is 0 Å². The van der Waals surface area contributed by atoms with Gasteiger partial charge in [-0.25, -0.2) is 9.59 Å². The smallest absolute Gasteiger partial charge is 0.407 e. The molecule has 7 nitrogen and oxygen atoms in total. The van der Waals surface area contributed by atoms with Gasteiger partial charge in [-0.05, 0) is 11.1 Å². The number of nitrogens with one attached hydrogen (secondary N) is 1. The van der Waals surface area contributed by atoms with Gasteiger partial charge in [-0.15, -0.1) is 0 Å². The van der Waals surface area contributed by atoms with Gasteiger partial charge in [0.1, 0.15) is 6.61 Å². The molecule has 0 fully saturated rings. The molecule has 0 bridgehead atoms. The van der Waals surface area contributed by atoms with Crippen LogP contribution in [0.2, 0.25) is 0 Å². The van der Waals surface area contributed by atoms with Gasteiger partial charge in [0.2, 0.25) is 0 Å². The summed E-state index contributed by atoms with van der Waals surface area (Å²) in [6.45, 7) is 8.04. The molecule has 0 aromatic heterocycles. The average Bonchev–Trinajstić information content (AvgIpc) is 2.31. The molecule has 0 unspecified atom stereocenters. The first-order chi connectivity index (χ1) is 8.29. The summed E-state index contributed by atoms with van der Waals surface area (Å²) in [6, 6.07) is -1.39. The summed E-state index contributed by atoms with van der Waals surface area (Å²) in [4.78, 5) is 32.5. The SMILES string of the molecule is C=C(COC(C)=O)C(=C)[C@@H](NC(=O)OC)C(=O)O. The quantitative estimate of drug-likeness (QED) is 0.529. The van der Waals surface area contributed by atoms with Crippen LogP contribution in [-0.2, 0) is 19.1 Å². The van der Waals surface area contributed by atoms with Crippen molar-refractivity contribution in [3.8, 4) is 0 Å². The summed E-state index contributed by atoms with van der Waals surface area (Å²) in [5, 5.41) is 11.0. The minimum absolute atomic E-state index is 0.0224. The fraction of sp³-hybridized carbons (Fsp3) is 0.364. The predicted octanol–water partition coefficient (Wildman–Crippen LogP) is 0.471. The summed E-state index contributed by atoms with van der Waals surface area (Å²) in [5.41, 5.74) is 0.211. The van der Waals surface area contributed by atoms with Crippen molar-refractivity contribution >= 4 is 18.0 Å². The Bertz CT molecular complexity index is 387. The van der Waals surface area contributed by atoms with Crippen molar-refractivity contribution in [2.24, 2.45) is 0 Å². The molecule has 0 aromatic rings. The average molecular weight is 257 g/mol. The molecule has 2 N–H and O–H groups in total. The van der Waals surface area contributed by atoms with E-state index >= 15 is 0 Å². The first-order valence-corrected chi connectivity index (χ1v) is 4.87. The number of hydrogen-bond donors (Lipinski definition) is 2. The summed E-state index contributed by atoms with van der Waals surface area (Å²) in [7, 11) is 1.10. The lowest BCUT2D eigenvalue weighted by Crippen LogP contribution is -2.42. The number of rotatable bonds is 6. The van der Waals surface area contributed by atoms with E-state index in [1.54, 1.807) is 0 Å². The number of amides is 1. The van der Waals surface area contributed by atoms with Crippen LogP contribution in [0, 0.1) is 0 Å². The van der Waals surface area contributed by atoms with Crippen LogP contribution in [0.5, 0.6) is 0 Å². The molecule has 100 valence electrons. The highest BCUT2D eigenvalue weighted by atomic mass is 16.5. The van der Waals surface area contributed by atoms with E-state index in [0.29, 0.717) is 0 Å². The van der Waals surface area contributed by atoms with Gasteiger partial charge in [-0.2, -0.15) is 0 Å². The number of hydrogen-bond acceptors (Lipinski definition) is 5. The largest absolute Gasteiger partial charge is 0.479 e. The summed E-state index contributed by atoms with van der Waals surface area (Å²) in [6.07, 6.45) is -0.913. The zero-order valence-corrected chi connectivity index (χ0v) is 10.2. The molecule has 0 aliphatic heterocycles. The van der Waals surface area contributed by atoms with Gasteiger partial charge in [0.15, 0.2) is 6.04 Å². The standard InChI is InChI=1S/C11H15NO6/c1-6(5-18-8(3)13)7(2)9(10(14)15)12-11(16)17-4/h9H,1-2,5H2,3-4H3,(H,12,16)(H,14,15)/t9-/m1/s1. The maximum absolute atomic E-state index is 11.0. The maximum atomic E-state index is 11.0. The van der Waals surface area contributed by atoms with Crippen LogP contribution < -0.4 is 5.32 Å². The first-order valence-electron chi connectivity index (χ1n) is 4.87. The zero-order chi connectivity index (χ0) is 14.3. The van der Waals surface area contributed by atoms with Gasteiger partial charge < -0.3 is 19.9 Å². The molecule has 1 amide bonds. The van der Waals surface area contributed by atoms with E-state index in [-0.39, 0.29) is 17.8 Å². The molecule has 7 heteroatoms. The number of esters is 1. The number of carbonyl (C=O) groups excluding carboxylic acids is 2. The van der Waals surface area contributed by atoms with E-state index in [1.165, 1.54) is 6.92 Å². The van der Waals surface area contributed by atoms with E-state index < -0.39 is 24.1 Å². The van der Waals surface area contributed by atoms with Gasteiger partial charge >= 0.3 is 18.0 Å². The van der Waals surface area contributed by atoms with Crippen molar-refractivity contribution in [3.63, 3.8) is 0 Å². The molecular formula is C11H15NO6. The number of methoxy groups -OCH3 is 1. The lowest BCUT2D eigenvalue weighted by molar-refractivity contribution is -0.139. The van der Waals surface area contributed by atoms with Gasteiger partial charge in [0.05, 0.1) is 7.11 Å². The highest BCUT2D eigenvalue weighted by molar-refractivity contribution is 5.84. The van der Waals surface area contributed by atoms with Crippen LogP contribution in [-0.4, -0.2) is 42.9 Å². The molecular weight excluding hydrogens is 242 g/mol. The van der Waals surface area contributed by atoms with Crippen molar-refractivity contribution in [1.82, 2.24) is 5.32 Å². The Labute approximate surface area is 104 Å². The Balaban J connectivity index is 4.66. The second kappa shape index (κ2) is 7.10. The van der Waals surface area contributed by atoms with Crippen LogP contribution in [0.25, 0.3) is 0 Å². The van der Waals surface area contributed by atoms with Crippen LogP contribution in [0.15, 0.2) is 24.3 Å². The van der Waals surface area contributed by atoms with E-state index in [4.69, 9.17) is 5.11 Å². The van der Waals surface area contributed by atoms with E-state index in [2.05, 4.69) is 27.9 Å². The topological polar surface area (TPSA) is 102 Å². The molecule has 0 saturated heterocycles. The number of carboxylic acid groups (broad SMARTS) is 1. The van der Waals surface area contributed by atoms with E-state index in [0.717, 1.165) is 7.11 Å². The molecule has 0 saturated carbocycles. The van der Waals surface area contributed by atoms with Crippen molar-refractivity contribution < 1.29 is 29.0 Å². The van der Waals surface area contributed by atoms with Crippen LogP contribution in [0.3, 0.4) is 0 Å². The number of carboxylic acids is 1. The molecule has 0 rings (SSSR count). The fourth-order valence-corrected chi connectivity index (χ4v) is 0.960. The Morgan fingerprint density at radius 3 is 2.28 bits per heavy atom. The Morgan fingerprint density at radius 1 is 1.33 bits per heavy atom. The second-order valence-electron chi connectivity index (χ2n) is 3.32. The monoisotopic (exact) mass is 257 g/mol. The van der Waals surface area contributed by atoms with Gasteiger partial charge in [-0.3, -0.25) is 4.79 Å². The second-order valence-corrected chi connectivity index (χ2v) is 3.32. The minimum atomic E-state index is -1.39. The third-order valence-electron chi connectivity index (χ3n) is 1.95. The first kappa shape index (κ1) is 15.7. The molecule has 0 spiro atoms. The third-order valence-corrected chi connectivity index (χ3v) is 1.95. The van der Waals surface area contributed by atoms with Gasteiger partial charge in [0, 0.05) is 6.92 Å². The predicted molar refractivity (Wildman–Crippen MR) is 61.9 cm³/mol. The van der Waals surface area contributed by atoms with Gasteiger partial charge in [0.25, 0.3) is 0 Å². The number of ether oxygens (including phenoxy) is 2. The minimum Gasteiger partial charge on any atom is -0.479 e. The Kier molecular flexibility index (Phi) is 6.19. The summed E-state index contributed by atoms with van der Waals surface area (Å²) >= 11 is 0. The summed E-state index contributed by atoms with van der Waals surface area (Å²) < 4.78 is 8.94. The molecule has 0 radical (unpaired) electrons. The van der Waals surface area contributed by atoms with Gasteiger partial charge in [-0.1, -0.05) is 13.2 Å². The third kappa shape index (κ3) is 5.15. The molecule has 0 aliphatic carbocycles. The number of alkyl carbamates (subject to hydrolysis) is 1. The lowest BCUT2D eigenvalue weighted by Gasteiger charge is -2.17. The molecule has 18 heavy (non-hydrogen) atoms. The van der Waals surface area contributed by atoms with E-state index in [1.807, 2.05) is 0 Å². The zero-order valence-electron chi connectivity index (χ0n) is 10.2. The maximum Gasteiger partial charge on any atom is 0.407 e. The van der Waals surface area contributed by atoms with Crippen molar-refractivity contribution in [2.45, 2.75) is 13.0 Å². The number of carbonyl (C=O) groups is 3. The Hall–Kier alpha value is -2.31. The van der Waals surface area contributed by atoms with Crippen LogP contribution in [0.1, 0.15) is 6.92 Å². The highest BCUT2D eigenvalue weighted by Gasteiger charge is 2.25. The van der Waals surface area contributed by atoms with Crippen molar-refractivity contribution in [2.75, 3.05) is 13.7 Å². The molecule has 0 aliphatic rings. The normalized spacial score (nSPS) is 11.0. The number of aliphatic carboxylic acids is 1. The van der Waals surface area contributed by atoms with Crippen LogP contribution in [0.4, 0.5) is 4.79 Å². The van der Waals surface area contributed by atoms with Crippen molar-refractivity contribution in [3.05, 3.63) is 24.3 Å². The Morgan fingerprint density at radius 2 is 1.89 bits per heavy atom. The molecule has 0 heterocycles. The molecule has 1 atom stereocenters. The highest BCUT2D eigenvalue weighted by Crippen LogP contribution is 2.11. The summed E-state index contributed by atoms with van der Waals surface area (Å²) in [5.74, 6) is -1.86. The molecule has 0 aromatic carbocycles. The van der Waals surface area contributed by atoms with Crippen molar-refractivity contribution in [1.29, 1.82) is 0 Å². The lowest BCUT2D eigenvalue weighted by atomic mass is 10.0.